The third kappa shape index (κ3) is 3.65. The van der Waals surface area contributed by atoms with Gasteiger partial charge in [-0.1, -0.05) is 39.0 Å². The third-order valence-corrected chi connectivity index (χ3v) is 4.45. The highest BCUT2D eigenvalue weighted by atomic mass is 16.1. The molecule has 1 aliphatic rings. The SMILES string of the molecule is Cc1cc(C(C)C(=O)CC2CCCCC2)c(C)cn1. The molecule has 1 atom stereocenters. The summed E-state index contributed by atoms with van der Waals surface area (Å²) in [6, 6.07) is 2.07. The predicted octanol–water partition coefficient (Wildman–Crippen LogP) is 4.34. The van der Waals surface area contributed by atoms with E-state index >= 15 is 0 Å². The lowest BCUT2D eigenvalue weighted by Crippen LogP contribution is -2.17. The van der Waals surface area contributed by atoms with Crippen molar-refractivity contribution in [3.63, 3.8) is 0 Å². The zero-order chi connectivity index (χ0) is 13.8. The summed E-state index contributed by atoms with van der Waals surface area (Å²) in [5.41, 5.74) is 3.29. The number of hydrogen-bond donors (Lipinski definition) is 0. The average molecular weight is 259 g/mol. The molecule has 1 aromatic heterocycles. The third-order valence-electron chi connectivity index (χ3n) is 4.45. The second-order valence-electron chi connectivity index (χ2n) is 6.08. The van der Waals surface area contributed by atoms with Crippen molar-refractivity contribution in [1.82, 2.24) is 4.98 Å². The molecule has 1 saturated carbocycles. The Kier molecular flexibility index (Phi) is 4.73. The van der Waals surface area contributed by atoms with E-state index in [1.807, 2.05) is 27.0 Å². The number of Topliss-reactive ketones (excluding diaryl/α,β-unsaturated/α-hetero) is 1. The Balaban J connectivity index is 2.03. The molecule has 0 N–H and O–H groups in total. The molecule has 0 aliphatic heterocycles. The molecule has 2 heteroatoms. The van der Waals surface area contributed by atoms with Crippen LogP contribution in [-0.2, 0) is 4.79 Å². The first-order valence-corrected chi connectivity index (χ1v) is 7.53. The molecule has 0 radical (unpaired) electrons. The maximum absolute atomic E-state index is 12.5. The van der Waals surface area contributed by atoms with Gasteiger partial charge in [-0.2, -0.15) is 0 Å². The normalized spacial score (nSPS) is 18.3. The van der Waals surface area contributed by atoms with Crippen LogP contribution in [0.5, 0.6) is 0 Å². The van der Waals surface area contributed by atoms with Gasteiger partial charge >= 0.3 is 0 Å². The maximum atomic E-state index is 12.5. The van der Waals surface area contributed by atoms with E-state index in [1.54, 1.807) is 0 Å². The van der Waals surface area contributed by atoms with E-state index < -0.39 is 0 Å². The second kappa shape index (κ2) is 6.31. The highest BCUT2D eigenvalue weighted by Crippen LogP contribution is 2.30. The molecule has 0 amide bonds. The summed E-state index contributed by atoms with van der Waals surface area (Å²) >= 11 is 0. The lowest BCUT2D eigenvalue weighted by molar-refractivity contribution is -0.121. The topological polar surface area (TPSA) is 30.0 Å². The molecule has 1 unspecified atom stereocenters. The van der Waals surface area contributed by atoms with Crippen LogP contribution in [0.25, 0.3) is 0 Å². The van der Waals surface area contributed by atoms with Crippen molar-refractivity contribution in [2.75, 3.05) is 0 Å². The number of pyridine rings is 1. The summed E-state index contributed by atoms with van der Waals surface area (Å²) in [7, 11) is 0. The smallest absolute Gasteiger partial charge is 0.140 e. The first-order valence-electron chi connectivity index (χ1n) is 7.53. The fourth-order valence-electron chi connectivity index (χ4n) is 3.14. The van der Waals surface area contributed by atoms with Crippen molar-refractivity contribution >= 4 is 5.78 Å². The van der Waals surface area contributed by atoms with Gasteiger partial charge in [-0.15, -0.1) is 0 Å². The van der Waals surface area contributed by atoms with Crippen molar-refractivity contribution in [2.45, 2.75) is 65.2 Å². The summed E-state index contributed by atoms with van der Waals surface area (Å²) in [4.78, 5) is 16.7. The number of hydrogen-bond acceptors (Lipinski definition) is 2. The molecule has 1 fully saturated rings. The minimum Gasteiger partial charge on any atom is -0.299 e. The highest BCUT2D eigenvalue weighted by Gasteiger charge is 2.22. The Morgan fingerprint density at radius 3 is 2.68 bits per heavy atom. The summed E-state index contributed by atoms with van der Waals surface area (Å²) in [6.45, 7) is 6.08. The highest BCUT2D eigenvalue weighted by molar-refractivity contribution is 5.85. The van der Waals surface area contributed by atoms with E-state index in [2.05, 4.69) is 11.1 Å². The molecule has 19 heavy (non-hydrogen) atoms. The summed E-state index contributed by atoms with van der Waals surface area (Å²) in [5, 5.41) is 0. The average Bonchev–Trinajstić information content (AvgIpc) is 2.42. The van der Waals surface area contributed by atoms with Crippen LogP contribution in [0.4, 0.5) is 0 Å². The lowest BCUT2D eigenvalue weighted by Gasteiger charge is -2.23. The molecule has 2 rings (SSSR count). The lowest BCUT2D eigenvalue weighted by atomic mass is 9.82. The van der Waals surface area contributed by atoms with Crippen LogP contribution < -0.4 is 0 Å². The number of rotatable bonds is 4. The Labute approximate surface area is 116 Å². The van der Waals surface area contributed by atoms with E-state index in [0.717, 1.165) is 23.2 Å². The standard InChI is InChI=1S/C17H25NO/c1-12-11-18-13(2)9-16(12)14(3)17(19)10-15-7-5-4-6-8-15/h9,11,14-15H,4-8,10H2,1-3H3. The first kappa shape index (κ1) is 14.2. The van der Waals surface area contributed by atoms with Gasteiger partial charge in [0, 0.05) is 24.2 Å². The van der Waals surface area contributed by atoms with Crippen LogP contribution in [0, 0.1) is 19.8 Å². The van der Waals surface area contributed by atoms with Crippen LogP contribution in [0.15, 0.2) is 12.3 Å². The molecular weight excluding hydrogens is 234 g/mol. The Morgan fingerprint density at radius 2 is 2.00 bits per heavy atom. The number of aromatic nitrogens is 1. The minimum absolute atomic E-state index is 0.0172. The van der Waals surface area contributed by atoms with Gasteiger partial charge in [-0.3, -0.25) is 9.78 Å². The Hall–Kier alpha value is -1.18. The molecule has 0 aromatic carbocycles. The molecule has 104 valence electrons. The summed E-state index contributed by atoms with van der Waals surface area (Å²) in [5.74, 6) is 1.05. The Morgan fingerprint density at radius 1 is 1.32 bits per heavy atom. The van der Waals surface area contributed by atoms with Gasteiger partial charge in [-0.05, 0) is 37.0 Å². The van der Waals surface area contributed by atoms with Crippen LogP contribution in [0.1, 0.15) is 68.2 Å². The van der Waals surface area contributed by atoms with Crippen LogP contribution in [0.3, 0.4) is 0 Å². The number of ketones is 1. The van der Waals surface area contributed by atoms with Crippen molar-refractivity contribution in [2.24, 2.45) is 5.92 Å². The molecule has 0 spiro atoms. The van der Waals surface area contributed by atoms with Crippen molar-refractivity contribution in [1.29, 1.82) is 0 Å². The quantitative estimate of drug-likeness (QED) is 0.805. The van der Waals surface area contributed by atoms with Crippen LogP contribution in [0.2, 0.25) is 0 Å². The number of aryl methyl sites for hydroxylation is 2. The van der Waals surface area contributed by atoms with Crippen LogP contribution in [-0.4, -0.2) is 10.8 Å². The number of carbonyl (C=O) groups is 1. The van der Waals surface area contributed by atoms with Gasteiger partial charge in [0.2, 0.25) is 0 Å². The number of carbonyl (C=O) groups excluding carboxylic acids is 1. The fourth-order valence-corrected chi connectivity index (χ4v) is 3.14. The van der Waals surface area contributed by atoms with Gasteiger partial charge < -0.3 is 0 Å². The molecular formula is C17H25NO. The summed E-state index contributed by atoms with van der Waals surface area (Å²) < 4.78 is 0. The number of nitrogens with zero attached hydrogens (tertiary/aromatic N) is 1. The van der Waals surface area contributed by atoms with E-state index in [9.17, 15) is 4.79 Å². The zero-order valence-corrected chi connectivity index (χ0v) is 12.4. The molecule has 2 nitrogen and oxygen atoms in total. The molecule has 1 aromatic rings. The van der Waals surface area contributed by atoms with Gasteiger partial charge in [-0.25, -0.2) is 0 Å². The fraction of sp³-hybridized carbons (Fsp3) is 0.647. The van der Waals surface area contributed by atoms with Gasteiger partial charge in [0.1, 0.15) is 5.78 Å². The zero-order valence-electron chi connectivity index (χ0n) is 12.4. The van der Waals surface area contributed by atoms with Gasteiger partial charge in [0.25, 0.3) is 0 Å². The first-order chi connectivity index (χ1) is 9.08. The monoisotopic (exact) mass is 259 g/mol. The summed E-state index contributed by atoms with van der Waals surface area (Å²) in [6.07, 6.45) is 9.10. The second-order valence-corrected chi connectivity index (χ2v) is 6.08. The van der Waals surface area contributed by atoms with Crippen LogP contribution >= 0.6 is 0 Å². The maximum Gasteiger partial charge on any atom is 0.140 e. The van der Waals surface area contributed by atoms with E-state index in [-0.39, 0.29) is 5.92 Å². The molecule has 0 bridgehead atoms. The largest absolute Gasteiger partial charge is 0.299 e. The molecule has 1 aliphatic carbocycles. The molecule has 1 heterocycles. The predicted molar refractivity (Wildman–Crippen MR) is 78.3 cm³/mol. The van der Waals surface area contributed by atoms with Crippen molar-refractivity contribution in [3.05, 3.63) is 29.1 Å². The van der Waals surface area contributed by atoms with Crippen molar-refractivity contribution in [3.8, 4) is 0 Å². The van der Waals surface area contributed by atoms with E-state index in [4.69, 9.17) is 0 Å². The van der Waals surface area contributed by atoms with E-state index in [1.165, 1.54) is 32.1 Å². The van der Waals surface area contributed by atoms with Gasteiger partial charge in [0.15, 0.2) is 0 Å². The minimum atomic E-state index is 0.0172. The van der Waals surface area contributed by atoms with E-state index in [0.29, 0.717) is 11.7 Å². The van der Waals surface area contributed by atoms with Gasteiger partial charge in [0.05, 0.1) is 0 Å². The van der Waals surface area contributed by atoms with Crippen molar-refractivity contribution < 1.29 is 4.79 Å². The molecule has 0 saturated heterocycles. The Bertz CT molecular complexity index is 447.